The highest BCUT2D eigenvalue weighted by Gasteiger charge is 2.33. The third-order valence-corrected chi connectivity index (χ3v) is 3.53. The average molecular weight is 286 g/mol. The van der Waals surface area contributed by atoms with E-state index in [9.17, 15) is 20.1 Å². The molecule has 2 aromatic rings. The molecule has 0 aliphatic rings. The Balaban J connectivity index is 2.26. The molecule has 0 aromatic heterocycles. The molecule has 110 valence electrons. The van der Waals surface area contributed by atoms with Gasteiger partial charge in [-0.3, -0.25) is 4.79 Å². The summed E-state index contributed by atoms with van der Waals surface area (Å²) in [6.07, 6.45) is 0.596. The second kappa shape index (κ2) is 5.87. The summed E-state index contributed by atoms with van der Waals surface area (Å²) in [6.45, 7) is 1.67. The van der Waals surface area contributed by atoms with E-state index in [-0.39, 0.29) is 11.5 Å². The number of benzene rings is 2. The summed E-state index contributed by atoms with van der Waals surface area (Å²) >= 11 is 0. The number of aromatic hydroxyl groups is 2. The van der Waals surface area contributed by atoms with E-state index in [2.05, 4.69) is 0 Å². The van der Waals surface area contributed by atoms with Crippen LogP contribution < -0.4 is 0 Å². The van der Waals surface area contributed by atoms with Crippen LogP contribution in [0.15, 0.2) is 48.5 Å². The Morgan fingerprint density at radius 3 is 1.71 bits per heavy atom. The highest BCUT2D eigenvalue weighted by Crippen LogP contribution is 2.30. The van der Waals surface area contributed by atoms with E-state index in [1.54, 1.807) is 55.5 Å². The van der Waals surface area contributed by atoms with Crippen LogP contribution in [0, 0.1) is 5.41 Å². The van der Waals surface area contributed by atoms with Gasteiger partial charge in [0, 0.05) is 0 Å². The molecule has 0 heterocycles. The normalized spacial score (nSPS) is 11.3. The van der Waals surface area contributed by atoms with E-state index in [0.29, 0.717) is 12.8 Å². The highest BCUT2D eigenvalue weighted by atomic mass is 16.4. The smallest absolute Gasteiger partial charge is 0.310 e. The number of phenols is 2. The standard InChI is InChI=1S/C17H18O4/c1-17(16(20)21,10-12-4-2-6-14(18)8-12)11-13-5-3-7-15(19)9-13/h2-9,18-19H,10-11H2,1H3,(H,20,21). The van der Waals surface area contributed by atoms with Crippen molar-refractivity contribution in [3.8, 4) is 11.5 Å². The van der Waals surface area contributed by atoms with Crippen LogP contribution in [0.4, 0.5) is 0 Å². The van der Waals surface area contributed by atoms with E-state index < -0.39 is 11.4 Å². The molecule has 0 aliphatic heterocycles. The van der Waals surface area contributed by atoms with Gasteiger partial charge in [-0.25, -0.2) is 0 Å². The van der Waals surface area contributed by atoms with Gasteiger partial charge in [0.15, 0.2) is 0 Å². The molecule has 2 rings (SSSR count). The van der Waals surface area contributed by atoms with Crippen LogP contribution in [-0.2, 0) is 17.6 Å². The topological polar surface area (TPSA) is 77.8 Å². The molecule has 0 saturated heterocycles. The lowest BCUT2D eigenvalue weighted by molar-refractivity contribution is -0.147. The van der Waals surface area contributed by atoms with Gasteiger partial charge in [0.2, 0.25) is 0 Å². The minimum Gasteiger partial charge on any atom is -0.508 e. The van der Waals surface area contributed by atoms with Crippen LogP contribution in [0.3, 0.4) is 0 Å². The Kier molecular flexibility index (Phi) is 4.17. The zero-order chi connectivity index (χ0) is 15.5. The lowest BCUT2D eigenvalue weighted by Crippen LogP contribution is -2.32. The van der Waals surface area contributed by atoms with Crippen LogP contribution in [0.5, 0.6) is 11.5 Å². The Labute approximate surface area is 123 Å². The molecule has 0 spiro atoms. The van der Waals surface area contributed by atoms with Crippen LogP contribution in [-0.4, -0.2) is 21.3 Å². The molecule has 0 aliphatic carbocycles. The fourth-order valence-electron chi connectivity index (χ4n) is 2.45. The van der Waals surface area contributed by atoms with Gasteiger partial charge in [0.25, 0.3) is 0 Å². The molecular formula is C17H18O4. The summed E-state index contributed by atoms with van der Waals surface area (Å²) in [5.74, 6) is -0.663. The first-order valence-electron chi connectivity index (χ1n) is 6.68. The molecule has 0 fully saturated rings. The van der Waals surface area contributed by atoms with E-state index in [1.807, 2.05) is 0 Å². The van der Waals surface area contributed by atoms with Gasteiger partial charge in [-0.05, 0) is 55.2 Å². The number of phenolic OH excluding ortho intramolecular Hbond substituents is 2. The van der Waals surface area contributed by atoms with Crippen molar-refractivity contribution in [1.29, 1.82) is 0 Å². The molecule has 0 saturated carbocycles. The number of carbonyl (C=O) groups is 1. The second-order valence-electron chi connectivity index (χ2n) is 5.56. The first-order valence-corrected chi connectivity index (χ1v) is 6.68. The van der Waals surface area contributed by atoms with Gasteiger partial charge in [0.1, 0.15) is 11.5 Å². The van der Waals surface area contributed by atoms with Crippen LogP contribution in [0.2, 0.25) is 0 Å². The predicted molar refractivity (Wildman–Crippen MR) is 79.4 cm³/mol. The fourth-order valence-corrected chi connectivity index (χ4v) is 2.45. The molecule has 2 aromatic carbocycles. The maximum atomic E-state index is 11.7. The molecule has 4 nitrogen and oxygen atoms in total. The second-order valence-corrected chi connectivity index (χ2v) is 5.56. The molecule has 0 radical (unpaired) electrons. The van der Waals surface area contributed by atoms with Crippen molar-refractivity contribution in [3.05, 3.63) is 59.7 Å². The number of carboxylic acids is 1. The SMILES string of the molecule is CC(Cc1cccc(O)c1)(Cc1cccc(O)c1)C(=O)O. The maximum Gasteiger partial charge on any atom is 0.310 e. The number of hydrogen-bond acceptors (Lipinski definition) is 3. The van der Waals surface area contributed by atoms with Crippen molar-refractivity contribution in [3.63, 3.8) is 0 Å². The molecule has 3 N–H and O–H groups in total. The van der Waals surface area contributed by atoms with Gasteiger partial charge < -0.3 is 15.3 Å². The van der Waals surface area contributed by atoms with Crippen molar-refractivity contribution in [2.75, 3.05) is 0 Å². The van der Waals surface area contributed by atoms with Crippen molar-refractivity contribution in [2.24, 2.45) is 5.41 Å². The summed E-state index contributed by atoms with van der Waals surface area (Å²) in [6, 6.07) is 13.2. The van der Waals surface area contributed by atoms with Gasteiger partial charge in [0.05, 0.1) is 5.41 Å². The van der Waals surface area contributed by atoms with Gasteiger partial charge in [-0.15, -0.1) is 0 Å². The van der Waals surface area contributed by atoms with Crippen molar-refractivity contribution in [1.82, 2.24) is 0 Å². The Hall–Kier alpha value is -2.49. The highest BCUT2D eigenvalue weighted by molar-refractivity contribution is 5.75. The van der Waals surface area contributed by atoms with Crippen molar-refractivity contribution >= 4 is 5.97 Å². The van der Waals surface area contributed by atoms with Gasteiger partial charge >= 0.3 is 5.97 Å². The van der Waals surface area contributed by atoms with Gasteiger partial charge in [-0.1, -0.05) is 24.3 Å². The minimum absolute atomic E-state index is 0.123. The number of rotatable bonds is 5. The summed E-state index contributed by atoms with van der Waals surface area (Å²) in [5.41, 5.74) is 0.516. The monoisotopic (exact) mass is 286 g/mol. The number of hydrogen-bond donors (Lipinski definition) is 3. The zero-order valence-corrected chi connectivity index (χ0v) is 11.8. The Morgan fingerprint density at radius 1 is 0.952 bits per heavy atom. The lowest BCUT2D eigenvalue weighted by atomic mass is 9.78. The largest absolute Gasteiger partial charge is 0.508 e. The molecule has 0 atom stereocenters. The molecule has 0 unspecified atom stereocenters. The lowest BCUT2D eigenvalue weighted by Gasteiger charge is -2.25. The summed E-state index contributed by atoms with van der Waals surface area (Å²) < 4.78 is 0. The zero-order valence-electron chi connectivity index (χ0n) is 11.8. The summed E-state index contributed by atoms with van der Waals surface area (Å²) in [7, 11) is 0. The van der Waals surface area contributed by atoms with E-state index in [4.69, 9.17) is 0 Å². The maximum absolute atomic E-state index is 11.7. The molecule has 4 heteroatoms. The first-order chi connectivity index (χ1) is 9.89. The molecule has 21 heavy (non-hydrogen) atoms. The summed E-state index contributed by atoms with van der Waals surface area (Å²) in [4.78, 5) is 11.7. The quantitative estimate of drug-likeness (QED) is 0.789. The number of carboxylic acid groups (broad SMARTS) is 1. The molecule has 0 bridgehead atoms. The third-order valence-electron chi connectivity index (χ3n) is 3.53. The van der Waals surface area contributed by atoms with Crippen LogP contribution in [0.1, 0.15) is 18.1 Å². The fraction of sp³-hybridized carbons (Fsp3) is 0.235. The van der Waals surface area contributed by atoms with E-state index in [1.165, 1.54) is 0 Å². The first kappa shape index (κ1) is 14.9. The van der Waals surface area contributed by atoms with Crippen molar-refractivity contribution in [2.45, 2.75) is 19.8 Å². The predicted octanol–water partition coefficient (Wildman–Crippen LogP) is 2.97. The van der Waals surface area contributed by atoms with Crippen LogP contribution >= 0.6 is 0 Å². The molecule has 0 amide bonds. The summed E-state index contributed by atoms with van der Waals surface area (Å²) in [5, 5.41) is 28.6. The average Bonchev–Trinajstić information content (AvgIpc) is 2.38. The Bertz CT molecular complexity index is 601. The van der Waals surface area contributed by atoms with Gasteiger partial charge in [-0.2, -0.15) is 0 Å². The minimum atomic E-state index is -1.01. The van der Waals surface area contributed by atoms with Crippen molar-refractivity contribution < 1.29 is 20.1 Å². The number of aliphatic carboxylic acids is 1. The Morgan fingerprint density at radius 2 is 1.38 bits per heavy atom. The third kappa shape index (κ3) is 3.75. The van der Waals surface area contributed by atoms with Crippen LogP contribution in [0.25, 0.3) is 0 Å². The molecular weight excluding hydrogens is 268 g/mol. The van der Waals surface area contributed by atoms with E-state index >= 15 is 0 Å². The van der Waals surface area contributed by atoms with E-state index in [0.717, 1.165) is 11.1 Å².